The van der Waals surface area contributed by atoms with Crippen LogP contribution < -0.4 is 5.56 Å². The molecule has 0 aliphatic rings. The SMILES string of the molecule is Cn1nc(Br)c(=O)[nH]1. The van der Waals surface area contributed by atoms with E-state index in [-0.39, 0.29) is 5.56 Å². The Bertz CT molecular complexity index is 237. The fourth-order valence-corrected chi connectivity index (χ4v) is 0.722. The molecule has 1 aromatic rings. The van der Waals surface area contributed by atoms with Crippen molar-refractivity contribution in [2.75, 3.05) is 0 Å². The highest BCUT2D eigenvalue weighted by atomic mass is 79.9. The van der Waals surface area contributed by atoms with Crippen molar-refractivity contribution in [3.05, 3.63) is 15.0 Å². The highest BCUT2D eigenvalue weighted by Gasteiger charge is 1.95. The van der Waals surface area contributed by atoms with E-state index >= 15 is 0 Å². The van der Waals surface area contributed by atoms with Gasteiger partial charge in [0.1, 0.15) is 0 Å². The summed E-state index contributed by atoms with van der Waals surface area (Å²) in [5, 5.41) is 6.09. The molecular weight excluding hydrogens is 174 g/mol. The fraction of sp³-hybridized carbons (Fsp3) is 0.333. The number of nitrogens with zero attached hydrogens (tertiary/aromatic N) is 2. The molecule has 0 saturated heterocycles. The van der Waals surface area contributed by atoms with Gasteiger partial charge in [-0.25, -0.2) is 9.90 Å². The third-order valence-corrected chi connectivity index (χ3v) is 1.21. The quantitative estimate of drug-likeness (QED) is 0.601. The van der Waals surface area contributed by atoms with Gasteiger partial charge >= 0.3 is 0 Å². The van der Waals surface area contributed by atoms with E-state index in [0.29, 0.717) is 4.60 Å². The molecule has 5 heteroatoms. The standard InChI is InChI=1S/C3H4BrN3O/c1-7-5-2(4)3(8)6-7/h1H3,(H,6,8). The van der Waals surface area contributed by atoms with Crippen molar-refractivity contribution in [1.82, 2.24) is 15.0 Å². The van der Waals surface area contributed by atoms with Crippen molar-refractivity contribution in [2.24, 2.45) is 7.05 Å². The second-order valence-corrected chi connectivity index (χ2v) is 2.11. The number of rotatable bonds is 0. The van der Waals surface area contributed by atoms with E-state index < -0.39 is 0 Å². The molecule has 0 saturated carbocycles. The number of nitrogens with one attached hydrogen (secondary N) is 1. The zero-order valence-electron chi connectivity index (χ0n) is 4.18. The Hall–Kier alpha value is -0.580. The topological polar surface area (TPSA) is 50.7 Å². The minimum Gasteiger partial charge on any atom is -0.265 e. The van der Waals surface area contributed by atoms with Crippen LogP contribution in [0, 0.1) is 0 Å². The van der Waals surface area contributed by atoms with Crippen LogP contribution in [0.5, 0.6) is 0 Å². The van der Waals surface area contributed by atoms with Gasteiger partial charge in [0, 0.05) is 7.05 Å². The molecule has 0 aliphatic carbocycles. The normalized spacial score (nSPS) is 9.75. The molecule has 1 aromatic heterocycles. The van der Waals surface area contributed by atoms with E-state index in [9.17, 15) is 4.79 Å². The van der Waals surface area contributed by atoms with Gasteiger partial charge in [-0.05, 0) is 15.9 Å². The monoisotopic (exact) mass is 177 g/mol. The lowest BCUT2D eigenvalue weighted by Crippen LogP contribution is -2.01. The van der Waals surface area contributed by atoms with Crippen LogP contribution in [0.4, 0.5) is 0 Å². The first-order valence-electron chi connectivity index (χ1n) is 1.99. The molecule has 0 amide bonds. The van der Waals surface area contributed by atoms with Gasteiger partial charge in [-0.3, -0.25) is 4.79 Å². The summed E-state index contributed by atoms with van der Waals surface area (Å²) in [6, 6.07) is 0. The Morgan fingerprint density at radius 3 is 2.62 bits per heavy atom. The van der Waals surface area contributed by atoms with E-state index in [1.165, 1.54) is 4.80 Å². The Labute approximate surface area is 53.6 Å². The maximum absolute atomic E-state index is 10.5. The van der Waals surface area contributed by atoms with Gasteiger partial charge in [-0.2, -0.15) is 0 Å². The van der Waals surface area contributed by atoms with E-state index in [0.717, 1.165) is 0 Å². The molecule has 0 aromatic carbocycles. The molecule has 0 aliphatic heterocycles. The fourth-order valence-electron chi connectivity index (χ4n) is 0.395. The van der Waals surface area contributed by atoms with Crippen LogP contribution in [0.3, 0.4) is 0 Å². The Balaban J connectivity index is 3.35. The van der Waals surface area contributed by atoms with Crippen LogP contribution in [-0.4, -0.2) is 15.0 Å². The van der Waals surface area contributed by atoms with Crippen LogP contribution in [0.25, 0.3) is 0 Å². The van der Waals surface area contributed by atoms with E-state index in [2.05, 4.69) is 26.1 Å². The molecule has 4 nitrogen and oxygen atoms in total. The first kappa shape index (κ1) is 5.55. The van der Waals surface area contributed by atoms with Gasteiger partial charge in [0.05, 0.1) is 0 Å². The van der Waals surface area contributed by atoms with Crippen molar-refractivity contribution >= 4 is 15.9 Å². The second-order valence-electron chi connectivity index (χ2n) is 1.36. The third-order valence-electron chi connectivity index (χ3n) is 0.689. The second kappa shape index (κ2) is 1.74. The van der Waals surface area contributed by atoms with E-state index in [4.69, 9.17) is 0 Å². The molecule has 0 radical (unpaired) electrons. The predicted molar refractivity (Wildman–Crippen MR) is 31.5 cm³/mol. The Morgan fingerprint density at radius 1 is 1.88 bits per heavy atom. The summed E-state index contributed by atoms with van der Waals surface area (Å²) < 4.78 is 0.319. The summed E-state index contributed by atoms with van der Waals surface area (Å²) in [6.07, 6.45) is 0. The average molecular weight is 178 g/mol. The van der Waals surface area contributed by atoms with Gasteiger partial charge in [0.2, 0.25) is 0 Å². The smallest absolute Gasteiger partial charge is 0.265 e. The summed E-state index contributed by atoms with van der Waals surface area (Å²) in [5.74, 6) is 0. The lowest BCUT2D eigenvalue weighted by Gasteiger charge is -1.78. The largest absolute Gasteiger partial charge is 0.298 e. The highest BCUT2D eigenvalue weighted by molar-refractivity contribution is 9.10. The van der Waals surface area contributed by atoms with Gasteiger partial charge in [0.15, 0.2) is 4.60 Å². The maximum atomic E-state index is 10.5. The molecule has 0 fully saturated rings. The van der Waals surface area contributed by atoms with Crippen molar-refractivity contribution in [3.63, 3.8) is 0 Å². The lowest BCUT2D eigenvalue weighted by atomic mass is 10.9. The van der Waals surface area contributed by atoms with Crippen LogP contribution in [0.15, 0.2) is 9.40 Å². The summed E-state index contributed by atoms with van der Waals surface area (Å²) in [4.78, 5) is 11.8. The Morgan fingerprint density at radius 2 is 2.50 bits per heavy atom. The minimum absolute atomic E-state index is 0.201. The van der Waals surface area contributed by atoms with Crippen molar-refractivity contribution < 1.29 is 0 Å². The molecule has 1 heterocycles. The molecule has 0 bridgehead atoms. The van der Waals surface area contributed by atoms with Gasteiger partial charge < -0.3 is 0 Å². The highest BCUT2D eigenvalue weighted by Crippen LogP contribution is 1.91. The Kier molecular flexibility index (Phi) is 1.21. The first-order valence-corrected chi connectivity index (χ1v) is 2.78. The molecule has 0 unspecified atom stereocenters. The van der Waals surface area contributed by atoms with Crippen molar-refractivity contribution in [1.29, 1.82) is 0 Å². The summed E-state index contributed by atoms with van der Waals surface area (Å²) >= 11 is 2.94. The maximum Gasteiger partial charge on any atom is 0.298 e. The van der Waals surface area contributed by atoms with Crippen LogP contribution in [0.1, 0.15) is 0 Å². The van der Waals surface area contributed by atoms with E-state index in [1.807, 2.05) is 0 Å². The summed E-state index contributed by atoms with van der Waals surface area (Å²) in [5.41, 5.74) is -0.201. The predicted octanol–water partition coefficient (Wildman–Crippen LogP) is -0.129. The zero-order valence-corrected chi connectivity index (χ0v) is 5.77. The van der Waals surface area contributed by atoms with Crippen molar-refractivity contribution in [2.45, 2.75) is 0 Å². The number of aromatic amines is 1. The molecule has 1 N–H and O–H groups in total. The number of hydrogen-bond acceptors (Lipinski definition) is 2. The summed E-state index contributed by atoms with van der Waals surface area (Å²) in [7, 11) is 1.64. The number of halogens is 1. The first-order chi connectivity index (χ1) is 3.70. The third kappa shape index (κ3) is 0.812. The average Bonchev–Trinajstić information content (AvgIpc) is 1.85. The van der Waals surface area contributed by atoms with Gasteiger partial charge in [-0.15, -0.1) is 5.10 Å². The van der Waals surface area contributed by atoms with Crippen molar-refractivity contribution in [3.8, 4) is 0 Å². The number of aromatic nitrogens is 3. The molecule has 1 rings (SSSR count). The molecule has 0 atom stereocenters. The zero-order chi connectivity index (χ0) is 6.15. The van der Waals surface area contributed by atoms with Gasteiger partial charge in [0.25, 0.3) is 5.56 Å². The number of H-pyrrole nitrogens is 1. The summed E-state index contributed by atoms with van der Waals surface area (Å²) in [6.45, 7) is 0. The molecular formula is C3H4BrN3O. The molecule has 44 valence electrons. The molecule has 0 spiro atoms. The minimum atomic E-state index is -0.201. The van der Waals surface area contributed by atoms with Crippen LogP contribution in [0.2, 0.25) is 0 Å². The number of hydrogen-bond donors (Lipinski definition) is 1. The number of aryl methyl sites for hydroxylation is 1. The molecule has 8 heavy (non-hydrogen) atoms. The van der Waals surface area contributed by atoms with Crippen LogP contribution in [-0.2, 0) is 7.05 Å². The lowest BCUT2D eigenvalue weighted by molar-refractivity contribution is 0.646. The van der Waals surface area contributed by atoms with E-state index in [1.54, 1.807) is 7.05 Å². The van der Waals surface area contributed by atoms with Crippen LogP contribution >= 0.6 is 15.9 Å². The van der Waals surface area contributed by atoms with Gasteiger partial charge in [-0.1, -0.05) is 0 Å².